The van der Waals surface area contributed by atoms with Crippen molar-refractivity contribution < 1.29 is 9.90 Å². The molecular weight excluding hydrogens is 172 g/mol. The molecule has 0 radical (unpaired) electrons. The van der Waals surface area contributed by atoms with Gasteiger partial charge in [0.05, 0.1) is 0 Å². The monoisotopic (exact) mass is 178 g/mol. The Labute approximate surface area is 74.6 Å². The summed E-state index contributed by atoms with van der Waals surface area (Å²) in [6, 6.07) is 9.41. The van der Waals surface area contributed by atoms with Gasteiger partial charge < -0.3 is 5.11 Å². The van der Waals surface area contributed by atoms with Crippen molar-refractivity contribution in [2.75, 3.05) is 0 Å². The summed E-state index contributed by atoms with van der Waals surface area (Å²) in [6.45, 7) is 0. The van der Waals surface area contributed by atoms with Gasteiger partial charge in [-0.15, -0.1) is 0 Å². The summed E-state index contributed by atoms with van der Waals surface area (Å²) >= 11 is 1.21. The van der Waals surface area contributed by atoms with Gasteiger partial charge in [0.2, 0.25) is 0 Å². The molecule has 0 fully saturated rings. The van der Waals surface area contributed by atoms with Crippen LogP contribution in [0.15, 0.2) is 35.2 Å². The molecule has 2 nitrogen and oxygen atoms in total. The van der Waals surface area contributed by atoms with Crippen LogP contribution in [-0.2, 0) is 4.79 Å². The van der Waals surface area contributed by atoms with Gasteiger partial charge in [-0.1, -0.05) is 18.2 Å². The van der Waals surface area contributed by atoms with E-state index in [2.05, 4.69) is 5.25 Å². The van der Waals surface area contributed by atoms with E-state index in [4.69, 9.17) is 5.11 Å². The lowest BCUT2D eigenvalue weighted by Gasteiger charge is -1.89. The Hall–Kier alpha value is -1.40. The molecule has 1 aromatic rings. The second kappa shape index (κ2) is 4.47. The van der Waals surface area contributed by atoms with Crippen molar-refractivity contribution in [2.24, 2.45) is 0 Å². The molecule has 0 saturated heterocycles. The van der Waals surface area contributed by atoms with Crippen LogP contribution in [0.5, 0.6) is 0 Å². The Kier molecular flexibility index (Phi) is 3.24. The van der Waals surface area contributed by atoms with E-state index < -0.39 is 5.97 Å². The average Bonchev–Trinajstić information content (AvgIpc) is 2.05. The van der Waals surface area contributed by atoms with Crippen LogP contribution in [0.2, 0.25) is 0 Å². The first-order valence-corrected chi connectivity index (χ1v) is 4.06. The zero-order valence-corrected chi connectivity index (χ0v) is 6.97. The van der Waals surface area contributed by atoms with E-state index in [9.17, 15) is 4.79 Å². The van der Waals surface area contributed by atoms with E-state index in [-0.39, 0.29) is 0 Å². The van der Waals surface area contributed by atoms with E-state index >= 15 is 0 Å². The number of carbonyl (C=O) groups is 1. The number of hydrogen-bond donors (Lipinski definition) is 1. The maximum atomic E-state index is 10.0. The number of rotatable bonds is 1. The minimum atomic E-state index is -1.10. The van der Waals surface area contributed by atoms with Gasteiger partial charge in [-0.05, 0) is 29.1 Å². The van der Waals surface area contributed by atoms with Gasteiger partial charge in [-0.25, -0.2) is 4.79 Å². The van der Waals surface area contributed by atoms with Crippen molar-refractivity contribution in [2.45, 2.75) is 4.90 Å². The van der Waals surface area contributed by atoms with Crippen LogP contribution < -0.4 is 0 Å². The maximum Gasteiger partial charge on any atom is 0.382 e. The molecule has 1 N–H and O–H groups in total. The standard InChI is InChI=1S/C9H6O2S/c10-9(11)6-7-12-8-4-2-1-3-5-8/h1-5H,(H,10,11). The quantitative estimate of drug-likeness (QED) is 0.526. The number of aliphatic carboxylic acids is 1. The molecule has 1 rings (SSSR count). The van der Waals surface area contributed by atoms with Crippen LogP contribution in [0.25, 0.3) is 0 Å². The first kappa shape index (κ1) is 8.69. The molecule has 0 heterocycles. The molecule has 0 aromatic heterocycles. The topological polar surface area (TPSA) is 37.3 Å². The highest BCUT2D eigenvalue weighted by atomic mass is 32.2. The fourth-order valence-corrected chi connectivity index (χ4v) is 1.17. The lowest BCUT2D eigenvalue weighted by atomic mass is 10.4. The minimum absolute atomic E-state index is 0.950. The van der Waals surface area contributed by atoms with Crippen molar-refractivity contribution in [1.29, 1.82) is 0 Å². The molecule has 0 unspecified atom stereocenters. The first-order chi connectivity index (χ1) is 5.79. The highest BCUT2D eigenvalue weighted by molar-refractivity contribution is 8.04. The average molecular weight is 178 g/mol. The van der Waals surface area contributed by atoms with Crippen molar-refractivity contribution in [3.05, 3.63) is 30.3 Å². The van der Waals surface area contributed by atoms with Gasteiger partial charge in [0.15, 0.2) is 0 Å². The summed E-state index contributed by atoms with van der Waals surface area (Å²) in [7, 11) is 0. The van der Waals surface area contributed by atoms with Gasteiger partial charge in [-0.3, -0.25) is 0 Å². The number of carboxylic acid groups (broad SMARTS) is 1. The zero-order valence-electron chi connectivity index (χ0n) is 6.15. The summed E-state index contributed by atoms with van der Waals surface area (Å²) in [5, 5.41) is 10.7. The SMILES string of the molecule is O=C(O)C#CSc1ccccc1. The Morgan fingerprint density at radius 2 is 2.00 bits per heavy atom. The van der Waals surface area contributed by atoms with Crippen LogP contribution in [0.4, 0.5) is 0 Å². The fraction of sp³-hybridized carbons (Fsp3) is 0. The third kappa shape index (κ3) is 3.13. The summed E-state index contributed by atoms with van der Waals surface area (Å²) in [5.41, 5.74) is 0. The van der Waals surface area contributed by atoms with Gasteiger partial charge in [0.25, 0.3) is 0 Å². The molecule has 0 spiro atoms. The second-order valence-electron chi connectivity index (χ2n) is 1.95. The lowest BCUT2D eigenvalue weighted by molar-refractivity contribution is -0.130. The van der Waals surface area contributed by atoms with E-state index in [1.54, 1.807) is 0 Å². The molecule has 1 aromatic carbocycles. The number of thioether (sulfide) groups is 1. The molecule has 0 bridgehead atoms. The maximum absolute atomic E-state index is 10.0. The van der Waals surface area contributed by atoms with E-state index in [0.29, 0.717) is 0 Å². The van der Waals surface area contributed by atoms with Gasteiger partial charge >= 0.3 is 5.97 Å². The molecule has 0 aliphatic rings. The second-order valence-corrected chi connectivity index (χ2v) is 2.83. The largest absolute Gasteiger partial charge is 0.472 e. The molecule has 0 atom stereocenters. The summed E-state index contributed by atoms with van der Waals surface area (Å²) < 4.78 is 0. The molecule has 0 aliphatic carbocycles. The van der Waals surface area contributed by atoms with Crippen molar-refractivity contribution in [3.63, 3.8) is 0 Å². The first-order valence-electron chi connectivity index (χ1n) is 3.25. The molecule has 0 saturated carbocycles. The molecular formula is C9H6O2S. The lowest BCUT2D eigenvalue weighted by Crippen LogP contribution is -1.85. The van der Waals surface area contributed by atoms with E-state index in [0.717, 1.165) is 4.90 Å². The number of carboxylic acids is 1. The highest BCUT2D eigenvalue weighted by Gasteiger charge is 1.87. The number of hydrogen-bond acceptors (Lipinski definition) is 2. The predicted octanol–water partition coefficient (Wildman–Crippen LogP) is 1.82. The predicted molar refractivity (Wildman–Crippen MR) is 47.7 cm³/mol. The van der Waals surface area contributed by atoms with Gasteiger partial charge in [0.1, 0.15) is 0 Å². The highest BCUT2D eigenvalue weighted by Crippen LogP contribution is 2.14. The Bertz CT molecular complexity index is 321. The summed E-state index contributed by atoms with van der Waals surface area (Å²) in [6.07, 6.45) is 0. The van der Waals surface area contributed by atoms with E-state index in [1.165, 1.54) is 11.8 Å². The zero-order chi connectivity index (χ0) is 8.81. The molecule has 0 amide bonds. The van der Waals surface area contributed by atoms with Crippen molar-refractivity contribution >= 4 is 17.7 Å². The summed E-state index contributed by atoms with van der Waals surface area (Å²) in [4.78, 5) is 11.0. The Balaban J connectivity index is 2.56. The molecule has 12 heavy (non-hydrogen) atoms. The van der Waals surface area contributed by atoms with Crippen LogP contribution in [0.1, 0.15) is 0 Å². The Morgan fingerprint density at radius 3 is 2.58 bits per heavy atom. The normalized spacial score (nSPS) is 8.33. The molecule has 60 valence electrons. The fourth-order valence-electron chi connectivity index (χ4n) is 0.617. The molecule has 3 heteroatoms. The van der Waals surface area contributed by atoms with E-state index in [1.807, 2.05) is 36.3 Å². The Morgan fingerprint density at radius 1 is 1.33 bits per heavy atom. The van der Waals surface area contributed by atoms with Crippen LogP contribution in [0.3, 0.4) is 0 Å². The van der Waals surface area contributed by atoms with Crippen LogP contribution in [0, 0.1) is 11.2 Å². The van der Waals surface area contributed by atoms with Crippen molar-refractivity contribution in [1.82, 2.24) is 0 Å². The third-order valence-corrected chi connectivity index (χ3v) is 1.78. The van der Waals surface area contributed by atoms with Crippen molar-refractivity contribution in [3.8, 4) is 11.2 Å². The van der Waals surface area contributed by atoms with Crippen LogP contribution in [-0.4, -0.2) is 11.1 Å². The van der Waals surface area contributed by atoms with Crippen LogP contribution >= 0.6 is 11.8 Å². The summed E-state index contributed by atoms with van der Waals surface area (Å²) in [5.74, 6) is 0.925. The molecule has 0 aliphatic heterocycles. The third-order valence-electron chi connectivity index (χ3n) is 1.07. The van der Waals surface area contributed by atoms with Gasteiger partial charge in [0, 0.05) is 10.8 Å². The number of benzene rings is 1. The minimum Gasteiger partial charge on any atom is -0.472 e. The smallest absolute Gasteiger partial charge is 0.382 e. The van der Waals surface area contributed by atoms with Gasteiger partial charge in [-0.2, -0.15) is 0 Å².